The third kappa shape index (κ3) is 4.04. The molecule has 0 saturated heterocycles. The van der Waals surface area contributed by atoms with Gasteiger partial charge in [0, 0.05) is 18.3 Å². The highest BCUT2D eigenvalue weighted by molar-refractivity contribution is 6.08. The fourth-order valence-corrected chi connectivity index (χ4v) is 3.14. The van der Waals surface area contributed by atoms with E-state index in [0.717, 1.165) is 5.56 Å². The van der Waals surface area contributed by atoms with Crippen LogP contribution >= 0.6 is 0 Å². The van der Waals surface area contributed by atoms with Crippen LogP contribution in [0.15, 0.2) is 30.5 Å². The number of benzene rings is 1. The van der Waals surface area contributed by atoms with Crippen molar-refractivity contribution in [3.05, 3.63) is 68.8 Å². The molecule has 0 atom stereocenters. The first-order valence-electron chi connectivity index (χ1n) is 9.17. The first-order chi connectivity index (χ1) is 14.2. The molecule has 0 bridgehead atoms. The van der Waals surface area contributed by atoms with Crippen LogP contribution in [0.3, 0.4) is 0 Å². The van der Waals surface area contributed by atoms with Gasteiger partial charge in [0.2, 0.25) is 0 Å². The molecule has 2 heterocycles. The van der Waals surface area contributed by atoms with Crippen molar-refractivity contribution < 1.29 is 14.5 Å². The van der Waals surface area contributed by atoms with Crippen LogP contribution in [-0.2, 0) is 13.1 Å². The van der Waals surface area contributed by atoms with Gasteiger partial charge in [-0.05, 0) is 38.5 Å². The van der Waals surface area contributed by atoms with E-state index in [-0.39, 0.29) is 23.6 Å². The van der Waals surface area contributed by atoms with E-state index in [2.05, 4.69) is 15.5 Å². The minimum Gasteiger partial charge on any atom is -0.364 e. The Balaban J connectivity index is 1.83. The van der Waals surface area contributed by atoms with Crippen LogP contribution < -0.4 is 11.1 Å². The number of aryl methyl sites for hydroxylation is 2. The van der Waals surface area contributed by atoms with Crippen molar-refractivity contribution in [2.24, 2.45) is 5.73 Å². The summed E-state index contributed by atoms with van der Waals surface area (Å²) in [6.45, 7) is 5.84. The number of aromatic nitrogens is 4. The van der Waals surface area contributed by atoms with Gasteiger partial charge in [-0.2, -0.15) is 10.2 Å². The second kappa shape index (κ2) is 8.15. The van der Waals surface area contributed by atoms with Crippen molar-refractivity contribution in [1.29, 1.82) is 0 Å². The Morgan fingerprint density at radius 2 is 2.00 bits per heavy atom. The molecule has 11 nitrogen and oxygen atoms in total. The number of hydrogen-bond donors (Lipinski definition) is 2. The highest BCUT2D eigenvalue weighted by atomic mass is 16.6. The lowest BCUT2D eigenvalue weighted by molar-refractivity contribution is -0.386. The number of rotatable bonds is 7. The summed E-state index contributed by atoms with van der Waals surface area (Å²) in [7, 11) is 0. The summed E-state index contributed by atoms with van der Waals surface area (Å²) in [4.78, 5) is 35.0. The average Bonchev–Trinajstić information content (AvgIpc) is 3.22. The summed E-state index contributed by atoms with van der Waals surface area (Å²) in [6.07, 6.45) is 1.54. The lowest BCUT2D eigenvalue weighted by Crippen LogP contribution is -2.18. The van der Waals surface area contributed by atoms with Crippen LogP contribution in [0.4, 0.5) is 11.4 Å². The lowest BCUT2D eigenvalue weighted by atomic mass is 10.1. The van der Waals surface area contributed by atoms with Gasteiger partial charge in [-0.15, -0.1) is 0 Å². The van der Waals surface area contributed by atoms with Crippen LogP contribution in [0, 0.1) is 24.0 Å². The molecule has 3 rings (SSSR count). The number of nitro groups is 1. The fraction of sp³-hybridized carbons (Fsp3) is 0.263. The molecule has 0 aliphatic carbocycles. The number of carbonyl (C=O) groups excluding carboxylic acids is 2. The van der Waals surface area contributed by atoms with Crippen LogP contribution in [0.25, 0.3) is 0 Å². The molecule has 0 fully saturated rings. The van der Waals surface area contributed by atoms with Crippen LogP contribution in [0.1, 0.15) is 44.7 Å². The summed E-state index contributed by atoms with van der Waals surface area (Å²) in [5, 5.41) is 22.1. The van der Waals surface area contributed by atoms with E-state index in [1.54, 1.807) is 38.1 Å². The SMILES string of the molecule is CCn1cc(NC(=O)c2cccc(Cn3nc(C)c([N+](=O)[O-])c3C)c2)c(C(N)=O)n1. The van der Waals surface area contributed by atoms with Gasteiger partial charge in [-0.1, -0.05) is 12.1 Å². The number of primary amides is 1. The zero-order valence-corrected chi connectivity index (χ0v) is 16.7. The van der Waals surface area contributed by atoms with Gasteiger partial charge < -0.3 is 11.1 Å². The minimum absolute atomic E-state index is 0.0173. The zero-order chi connectivity index (χ0) is 22.0. The largest absolute Gasteiger partial charge is 0.364 e. The number of nitrogens with two attached hydrogens (primary N) is 1. The molecule has 3 N–H and O–H groups in total. The highest BCUT2D eigenvalue weighted by Gasteiger charge is 2.22. The fourth-order valence-electron chi connectivity index (χ4n) is 3.14. The average molecular weight is 411 g/mol. The standard InChI is InChI=1S/C19H21N7O4/c1-4-24-10-15(16(23-24)18(20)27)21-19(28)14-7-5-6-13(8-14)9-25-12(3)17(26(29)30)11(2)22-25/h5-8,10H,4,9H2,1-3H3,(H2,20,27)(H,21,28). The molecule has 11 heteroatoms. The number of anilines is 1. The van der Waals surface area contributed by atoms with E-state index in [4.69, 9.17) is 5.73 Å². The normalized spacial score (nSPS) is 10.8. The molecule has 3 aromatic rings. The van der Waals surface area contributed by atoms with E-state index in [1.807, 2.05) is 6.92 Å². The topological polar surface area (TPSA) is 151 Å². The van der Waals surface area contributed by atoms with Gasteiger partial charge in [0.1, 0.15) is 11.4 Å². The molecule has 2 aromatic heterocycles. The summed E-state index contributed by atoms with van der Waals surface area (Å²) in [5.74, 6) is -1.17. The Bertz CT molecular complexity index is 1150. The Morgan fingerprint density at radius 1 is 1.27 bits per heavy atom. The molecule has 1 aromatic carbocycles. The van der Waals surface area contributed by atoms with Gasteiger partial charge >= 0.3 is 5.69 Å². The van der Waals surface area contributed by atoms with Crippen molar-refractivity contribution in [1.82, 2.24) is 19.6 Å². The molecule has 0 saturated carbocycles. The maximum absolute atomic E-state index is 12.7. The van der Waals surface area contributed by atoms with E-state index in [1.165, 1.54) is 15.6 Å². The maximum Gasteiger partial charge on any atom is 0.312 e. The predicted octanol–water partition coefficient (Wildman–Crippen LogP) is 2.02. The molecule has 0 aliphatic rings. The first kappa shape index (κ1) is 20.7. The molecule has 0 spiro atoms. The predicted molar refractivity (Wildman–Crippen MR) is 108 cm³/mol. The summed E-state index contributed by atoms with van der Waals surface area (Å²) in [6, 6.07) is 6.78. The van der Waals surface area contributed by atoms with Gasteiger partial charge in [-0.3, -0.25) is 29.1 Å². The van der Waals surface area contributed by atoms with Crippen LogP contribution in [-0.4, -0.2) is 36.3 Å². The molecule has 30 heavy (non-hydrogen) atoms. The van der Waals surface area contributed by atoms with Gasteiger partial charge in [-0.25, -0.2) is 0 Å². The summed E-state index contributed by atoms with van der Waals surface area (Å²) >= 11 is 0. The van der Waals surface area contributed by atoms with Crippen molar-refractivity contribution in [2.45, 2.75) is 33.9 Å². The van der Waals surface area contributed by atoms with Gasteiger partial charge in [0.05, 0.1) is 17.2 Å². The molecular formula is C19H21N7O4. The number of amides is 2. The van der Waals surface area contributed by atoms with Gasteiger partial charge in [0.15, 0.2) is 5.69 Å². The van der Waals surface area contributed by atoms with Gasteiger partial charge in [0.25, 0.3) is 11.8 Å². The van der Waals surface area contributed by atoms with Crippen molar-refractivity contribution >= 4 is 23.2 Å². The second-order valence-electron chi connectivity index (χ2n) is 6.70. The molecule has 156 valence electrons. The van der Waals surface area contributed by atoms with E-state index in [9.17, 15) is 19.7 Å². The van der Waals surface area contributed by atoms with Crippen molar-refractivity contribution in [2.75, 3.05) is 5.32 Å². The van der Waals surface area contributed by atoms with Crippen LogP contribution in [0.2, 0.25) is 0 Å². The number of carbonyl (C=O) groups is 2. The Labute approximate surface area is 171 Å². The quantitative estimate of drug-likeness (QED) is 0.448. The third-order valence-corrected chi connectivity index (χ3v) is 4.61. The first-order valence-corrected chi connectivity index (χ1v) is 9.17. The molecule has 0 radical (unpaired) electrons. The molecular weight excluding hydrogens is 390 g/mol. The number of hydrogen-bond acceptors (Lipinski definition) is 6. The number of nitrogens with one attached hydrogen (secondary N) is 1. The zero-order valence-electron chi connectivity index (χ0n) is 16.7. The van der Waals surface area contributed by atoms with E-state index >= 15 is 0 Å². The van der Waals surface area contributed by atoms with E-state index < -0.39 is 16.7 Å². The Hall–Kier alpha value is -4.02. The lowest BCUT2D eigenvalue weighted by Gasteiger charge is -2.08. The number of nitrogens with zero attached hydrogens (tertiary/aromatic N) is 5. The highest BCUT2D eigenvalue weighted by Crippen LogP contribution is 2.23. The van der Waals surface area contributed by atoms with Crippen molar-refractivity contribution in [3.8, 4) is 0 Å². The summed E-state index contributed by atoms with van der Waals surface area (Å²) in [5.41, 5.74) is 7.38. The Kier molecular flexibility index (Phi) is 5.63. The smallest absolute Gasteiger partial charge is 0.312 e. The maximum atomic E-state index is 12.7. The van der Waals surface area contributed by atoms with Crippen LogP contribution in [0.5, 0.6) is 0 Å². The molecule has 2 amide bonds. The third-order valence-electron chi connectivity index (χ3n) is 4.61. The molecule has 0 unspecified atom stereocenters. The monoisotopic (exact) mass is 411 g/mol. The second-order valence-corrected chi connectivity index (χ2v) is 6.70. The Morgan fingerprint density at radius 3 is 2.60 bits per heavy atom. The molecule has 0 aliphatic heterocycles. The minimum atomic E-state index is -0.739. The van der Waals surface area contributed by atoms with E-state index in [0.29, 0.717) is 23.5 Å². The van der Waals surface area contributed by atoms with Crippen molar-refractivity contribution in [3.63, 3.8) is 0 Å². The summed E-state index contributed by atoms with van der Waals surface area (Å²) < 4.78 is 3.03.